The lowest BCUT2D eigenvalue weighted by Gasteiger charge is -2.14. The van der Waals surface area contributed by atoms with Crippen molar-refractivity contribution < 1.29 is 4.79 Å². The normalized spacial score (nSPS) is 12.9. The molecule has 1 aromatic rings. The van der Waals surface area contributed by atoms with Crippen LogP contribution >= 0.6 is 24.0 Å². The summed E-state index contributed by atoms with van der Waals surface area (Å²) in [6.45, 7) is 6.65. The summed E-state index contributed by atoms with van der Waals surface area (Å²) in [5, 5.41) is 6.83. The van der Waals surface area contributed by atoms with Crippen LogP contribution in [0.1, 0.15) is 25.0 Å². The van der Waals surface area contributed by atoms with Crippen molar-refractivity contribution in [2.45, 2.75) is 32.6 Å². The number of hydrogen-bond donors (Lipinski definition) is 2. The minimum atomic E-state index is -0.219. The van der Waals surface area contributed by atoms with Gasteiger partial charge in [0.05, 0.1) is 5.25 Å². The van der Waals surface area contributed by atoms with Gasteiger partial charge in [0.15, 0.2) is 0 Å². The zero-order valence-electron chi connectivity index (χ0n) is 9.28. The Morgan fingerprint density at radius 3 is 2.67 bits per heavy atom. The van der Waals surface area contributed by atoms with Crippen LogP contribution in [0.4, 0.5) is 0 Å². The van der Waals surface area contributed by atoms with E-state index in [9.17, 15) is 4.79 Å². The molecule has 2 nitrogen and oxygen atoms in total. The highest BCUT2D eigenvalue weighted by molar-refractivity contribution is 7.81. The molecule has 0 fully saturated rings. The number of carbonyl (C=O) groups excluding carboxylic acids is 1. The standard InChI is InChI=1S/C11H17NOS2/c1-7(2)10(14)11(13)12-4-9-6-15-5-8(9)3/h5-7,10,14H,4H2,1-3H3,(H,12,13). The van der Waals surface area contributed by atoms with Gasteiger partial charge in [-0.15, -0.1) is 0 Å². The lowest BCUT2D eigenvalue weighted by Crippen LogP contribution is -2.33. The number of aryl methyl sites for hydroxylation is 1. The molecule has 1 rings (SSSR count). The van der Waals surface area contributed by atoms with E-state index in [4.69, 9.17) is 0 Å². The van der Waals surface area contributed by atoms with Crippen molar-refractivity contribution in [3.05, 3.63) is 21.9 Å². The summed E-state index contributed by atoms with van der Waals surface area (Å²) < 4.78 is 0. The number of thiol groups is 1. The first-order valence-corrected chi connectivity index (χ1v) is 6.45. The lowest BCUT2D eigenvalue weighted by atomic mass is 10.1. The molecule has 1 amide bonds. The Balaban J connectivity index is 2.44. The fraction of sp³-hybridized carbons (Fsp3) is 0.545. The Bertz CT molecular complexity index is 333. The maximum atomic E-state index is 11.6. The summed E-state index contributed by atoms with van der Waals surface area (Å²) in [5.41, 5.74) is 2.43. The van der Waals surface area contributed by atoms with Crippen LogP contribution in [0.25, 0.3) is 0 Å². The molecule has 0 radical (unpaired) electrons. The smallest absolute Gasteiger partial charge is 0.233 e. The first kappa shape index (κ1) is 12.6. The van der Waals surface area contributed by atoms with Gasteiger partial charge in [-0.25, -0.2) is 0 Å². The van der Waals surface area contributed by atoms with Crippen molar-refractivity contribution >= 4 is 29.9 Å². The van der Waals surface area contributed by atoms with E-state index < -0.39 is 0 Å². The fourth-order valence-corrected chi connectivity index (χ4v) is 2.11. The summed E-state index contributed by atoms with van der Waals surface area (Å²) in [6, 6.07) is 0. The molecule has 0 saturated heterocycles. The lowest BCUT2D eigenvalue weighted by molar-refractivity contribution is -0.121. The number of thiophene rings is 1. The van der Waals surface area contributed by atoms with E-state index in [1.165, 1.54) is 11.1 Å². The monoisotopic (exact) mass is 243 g/mol. The number of amides is 1. The Labute approximate surface area is 100 Å². The predicted molar refractivity (Wildman–Crippen MR) is 68.5 cm³/mol. The maximum Gasteiger partial charge on any atom is 0.233 e. The van der Waals surface area contributed by atoms with Gasteiger partial charge in [-0.3, -0.25) is 4.79 Å². The Morgan fingerprint density at radius 1 is 1.53 bits per heavy atom. The highest BCUT2D eigenvalue weighted by Crippen LogP contribution is 2.14. The van der Waals surface area contributed by atoms with Crippen LogP contribution in [0.5, 0.6) is 0 Å². The van der Waals surface area contributed by atoms with E-state index >= 15 is 0 Å². The molecule has 1 N–H and O–H groups in total. The van der Waals surface area contributed by atoms with Crippen molar-refractivity contribution in [1.82, 2.24) is 5.32 Å². The van der Waals surface area contributed by atoms with E-state index in [0.717, 1.165) is 0 Å². The molecule has 1 aromatic heterocycles. The van der Waals surface area contributed by atoms with Gasteiger partial charge in [0.1, 0.15) is 0 Å². The maximum absolute atomic E-state index is 11.6. The van der Waals surface area contributed by atoms with Gasteiger partial charge in [0.25, 0.3) is 0 Å². The predicted octanol–water partition coefficient (Wildman–Crippen LogP) is 2.63. The second kappa shape index (κ2) is 5.56. The Kier molecular flexibility index (Phi) is 4.67. The molecule has 0 aromatic carbocycles. The molecule has 4 heteroatoms. The number of hydrogen-bond acceptors (Lipinski definition) is 3. The Morgan fingerprint density at radius 2 is 2.20 bits per heavy atom. The van der Waals surface area contributed by atoms with Gasteiger partial charge >= 0.3 is 0 Å². The molecule has 0 aliphatic carbocycles. The topological polar surface area (TPSA) is 29.1 Å². The van der Waals surface area contributed by atoms with Gasteiger partial charge in [-0.1, -0.05) is 13.8 Å². The minimum absolute atomic E-state index is 0.0129. The minimum Gasteiger partial charge on any atom is -0.351 e. The Hall–Kier alpha value is -0.480. The summed E-state index contributed by atoms with van der Waals surface area (Å²) in [4.78, 5) is 11.6. The van der Waals surface area contributed by atoms with Crippen LogP contribution in [-0.4, -0.2) is 11.2 Å². The van der Waals surface area contributed by atoms with Crippen molar-refractivity contribution in [2.75, 3.05) is 0 Å². The van der Waals surface area contributed by atoms with Gasteiger partial charge in [-0.05, 0) is 34.7 Å². The number of rotatable bonds is 4. The van der Waals surface area contributed by atoms with Crippen LogP contribution in [0.15, 0.2) is 10.8 Å². The second-order valence-electron chi connectivity index (χ2n) is 3.99. The molecule has 0 aliphatic rings. The molecule has 0 bridgehead atoms. The van der Waals surface area contributed by atoms with Gasteiger partial charge in [0.2, 0.25) is 5.91 Å². The summed E-state index contributed by atoms with van der Waals surface area (Å²) in [5.74, 6) is 0.274. The van der Waals surface area contributed by atoms with Crippen LogP contribution < -0.4 is 5.32 Å². The van der Waals surface area contributed by atoms with Crippen molar-refractivity contribution in [3.63, 3.8) is 0 Å². The van der Waals surface area contributed by atoms with Crippen LogP contribution in [-0.2, 0) is 11.3 Å². The van der Waals surface area contributed by atoms with Crippen LogP contribution in [0.2, 0.25) is 0 Å². The highest BCUT2D eigenvalue weighted by Gasteiger charge is 2.17. The van der Waals surface area contributed by atoms with Gasteiger partial charge < -0.3 is 5.32 Å². The molecule has 1 atom stereocenters. The second-order valence-corrected chi connectivity index (χ2v) is 5.29. The molecule has 0 spiro atoms. The summed E-state index contributed by atoms with van der Waals surface area (Å²) in [7, 11) is 0. The molecule has 84 valence electrons. The van der Waals surface area contributed by atoms with Gasteiger partial charge in [0, 0.05) is 6.54 Å². The number of nitrogens with one attached hydrogen (secondary N) is 1. The molecule has 1 unspecified atom stereocenters. The summed E-state index contributed by atoms with van der Waals surface area (Å²) >= 11 is 5.93. The third-order valence-corrected chi connectivity index (χ3v) is 4.06. The summed E-state index contributed by atoms with van der Waals surface area (Å²) in [6.07, 6.45) is 0. The average molecular weight is 243 g/mol. The van der Waals surface area contributed by atoms with E-state index in [1.807, 2.05) is 13.8 Å². The molecule has 15 heavy (non-hydrogen) atoms. The molecular formula is C11H17NOS2. The third-order valence-electron chi connectivity index (χ3n) is 2.31. The van der Waals surface area contributed by atoms with Crippen molar-refractivity contribution in [3.8, 4) is 0 Å². The molecular weight excluding hydrogens is 226 g/mol. The van der Waals surface area contributed by atoms with E-state index in [0.29, 0.717) is 6.54 Å². The van der Waals surface area contributed by atoms with Crippen molar-refractivity contribution in [2.24, 2.45) is 5.92 Å². The molecule has 0 saturated carbocycles. The van der Waals surface area contributed by atoms with Crippen LogP contribution in [0.3, 0.4) is 0 Å². The molecule has 0 aliphatic heterocycles. The quantitative estimate of drug-likeness (QED) is 0.782. The van der Waals surface area contributed by atoms with Crippen LogP contribution in [0, 0.1) is 12.8 Å². The zero-order valence-corrected chi connectivity index (χ0v) is 11.0. The molecule has 1 heterocycles. The first-order valence-electron chi connectivity index (χ1n) is 4.99. The average Bonchev–Trinajstić information content (AvgIpc) is 2.59. The highest BCUT2D eigenvalue weighted by atomic mass is 32.1. The van der Waals surface area contributed by atoms with Gasteiger partial charge in [-0.2, -0.15) is 24.0 Å². The SMILES string of the molecule is Cc1cscc1CNC(=O)C(S)C(C)C. The fourth-order valence-electron chi connectivity index (χ4n) is 1.16. The zero-order chi connectivity index (χ0) is 11.4. The number of carbonyl (C=O) groups is 1. The van der Waals surface area contributed by atoms with E-state index in [1.54, 1.807) is 11.3 Å². The first-order chi connectivity index (χ1) is 7.02. The largest absolute Gasteiger partial charge is 0.351 e. The van der Waals surface area contributed by atoms with E-state index in [2.05, 4.69) is 35.6 Å². The van der Waals surface area contributed by atoms with E-state index in [-0.39, 0.29) is 17.1 Å². The van der Waals surface area contributed by atoms with Crippen molar-refractivity contribution in [1.29, 1.82) is 0 Å². The third kappa shape index (κ3) is 3.54.